The van der Waals surface area contributed by atoms with Crippen molar-refractivity contribution in [3.8, 4) is 5.88 Å². The largest absolute Gasteiger partial charge is 0.481 e. The number of carbonyl (C=O) groups is 1. The number of amides is 1. The molecule has 19 heavy (non-hydrogen) atoms. The van der Waals surface area contributed by atoms with Gasteiger partial charge in [-0.05, 0) is 19.1 Å². The summed E-state index contributed by atoms with van der Waals surface area (Å²) in [6, 6.07) is 3.41. The van der Waals surface area contributed by atoms with Crippen molar-refractivity contribution in [2.45, 2.75) is 6.92 Å². The molecule has 0 aliphatic carbocycles. The van der Waals surface area contributed by atoms with Crippen LogP contribution in [0, 0.1) is 6.92 Å². The van der Waals surface area contributed by atoms with Crippen LogP contribution >= 0.6 is 11.3 Å². The number of carbonyl (C=O) groups excluding carboxylic acids is 1. The molecule has 2 heterocycles. The van der Waals surface area contributed by atoms with Crippen molar-refractivity contribution in [3.05, 3.63) is 40.5 Å². The Hall–Kier alpha value is -2.21. The Labute approximate surface area is 115 Å². The maximum Gasteiger partial charge on any atom is 0.248 e. The number of nitrogens with zero attached hydrogens (tertiary/aromatic N) is 2. The number of anilines is 1. The molecule has 0 saturated heterocycles. The molecule has 2 aromatic heterocycles. The molecule has 0 fully saturated rings. The molecule has 2 aromatic rings. The third kappa shape index (κ3) is 3.89. The van der Waals surface area contributed by atoms with Crippen LogP contribution in [0.15, 0.2) is 29.8 Å². The summed E-state index contributed by atoms with van der Waals surface area (Å²) in [4.78, 5) is 19.9. The van der Waals surface area contributed by atoms with Crippen LogP contribution in [0.2, 0.25) is 0 Å². The van der Waals surface area contributed by atoms with Crippen molar-refractivity contribution >= 4 is 29.0 Å². The predicted octanol–water partition coefficient (Wildman–Crippen LogP) is 2.51. The second-order valence-corrected chi connectivity index (χ2v) is 4.77. The molecular weight excluding hydrogens is 262 g/mol. The van der Waals surface area contributed by atoms with Gasteiger partial charge in [-0.1, -0.05) is 0 Å². The Morgan fingerprint density at radius 3 is 2.89 bits per heavy atom. The molecule has 2 rings (SSSR count). The number of hydrogen-bond donors (Lipinski definition) is 1. The first-order chi connectivity index (χ1) is 9.17. The molecule has 0 bridgehead atoms. The average Bonchev–Trinajstić information content (AvgIpc) is 2.83. The fraction of sp³-hybridized carbons (Fsp3) is 0.154. The molecule has 0 unspecified atom stereocenters. The van der Waals surface area contributed by atoms with E-state index in [2.05, 4.69) is 15.3 Å². The van der Waals surface area contributed by atoms with Crippen LogP contribution in [-0.2, 0) is 4.79 Å². The Kier molecular flexibility index (Phi) is 4.25. The van der Waals surface area contributed by atoms with Crippen LogP contribution in [0.4, 0.5) is 5.69 Å². The number of ether oxygens (including phenoxy) is 1. The van der Waals surface area contributed by atoms with E-state index in [-0.39, 0.29) is 5.91 Å². The lowest BCUT2D eigenvalue weighted by atomic mass is 10.3. The molecule has 0 radical (unpaired) electrons. The third-order valence-electron chi connectivity index (χ3n) is 2.26. The van der Waals surface area contributed by atoms with Gasteiger partial charge in [0.15, 0.2) is 0 Å². The molecule has 5 nitrogen and oxygen atoms in total. The minimum atomic E-state index is -0.224. The van der Waals surface area contributed by atoms with Crippen LogP contribution in [0.5, 0.6) is 5.88 Å². The summed E-state index contributed by atoms with van der Waals surface area (Å²) in [6.07, 6.45) is 4.66. The Bertz CT molecular complexity index is 590. The molecule has 0 aliphatic heterocycles. The number of aryl methyl sites for hydroxylation is 1. The van der Waals surface area contributed by atoms with Crippen molar-refractivity contribution in [1.82, 2.24) is 9.97 Å². The summed E-state index contributed by atoms with van der Waals surface area (Å²) in [5.41, 5.74) is 1.40. The van der Waals surface area contributed by atoms with Gasteiger partial charge in [0, 0.05) is 17.5 Å². The number of aromatic nitrogens is 2. The lowest BCUT2D eigenvalue weighted by Crippen LogP contribution is -2.07. The minimum Gasteiger partial charge on any atom is -0.481 e. The summed E-state index contributed by atoms with van der Waals surface area (Å²) in [5, 5.41) is 5.57. The summed E-state index contributed by atoms with van der Waals surface area (Å²) >= 11 is 1.55. The van der Waals surface area contributed by atoms with Gasteiger partial charge in [0.1, 0.15) is 0 Å². The van der Waals surface area contributed by atoms with E-state index in [1.165, 1.54) is 12.3 Å². The highest BCUT2D eigenvalue weighted by atomic mass is 32.1. The molecule has 1 amide bonds. The molecule has 6 heteroatoms. The number of nitrogens with one attached hydrogen (secondary N) is 1. The van der Waals surface area contributed by atoms with Gasteiger partial charge in [0.2, 0.25) is 11.8 Å². The second kappa shape index (κ2) is 6.10. The van der Waals surface area contributed by atoms with Gasteiger partial charge in [-0.2, -0.15) is 0 Å². The second-order valence-electron chi connectivity index (χ2n) is 3.70. The Morgan fingerprint density at radius 2 is 2.32 bits per heavy atom. The van der Waals surface area contributed by atoms with Gasteiger partial charge < -0.3 is 10.1 Å². The molecular formula is C13H13N3O2S. The topological polar surface area (TPSA) is 64.1 Å². The predicted molar refractivity (Wildman–Crippen MR) is 75.3 cm³/mol. The fourth-order valence-corrected chi connectivity index (χ4v) is 1.96. The van der Waals surface area contributed by atoms with E-state index in [4.69, 9.17) is 4.74 Å². The van der Waals surface area contributed by atoms with Crippen molar-refractivity contribution in [1.29, 1.82) is 0 Å². The number of methoxy groups -OCH3 is 1. The smallest absolute Gasteiger partial charge is 0.248 e. The van der Waals surface area contributed by atoms with Gasteiger partial charge >= 0.3 is 0 Å². The molecule has 0 aliphatic rings. The molecule has 0 atom stereocenters. The standard InChI is InChI=1S/C13H13N3O2S/c1-9-15-11(8-19-9)3-5-12(17)16-10-4-6-13(18-2)14-7-10/h3-8H,1-2H3,(H,16,17)/b5-3+. The van der Waals surface area contributed by atoms with Gasteiger partial charge in [0.05, 0.1) is 29.7 Å². The first-order valence-electron chi connectivity index (χ1n) is 5.58. The van der Waals surface area contributed by atoms with Crippen molar-refractivity contribution in [2.75, 3.05) is 12.4 Å². The molecule has 0 saturated carbocycles. The van der Waals surface area contributed by atoms with E-state index >= 15 is 0 Å². The molecule has 1 N–H and O–H groups in total. The van der Waals surface area contributed by atoms with Crippen LogP contribution in [0.25, 0.3) is 6.08 Å². The highest BCUT2D eigenvalue weighted by Gasteiger charge is 2.00. The lowest BCUT2D eigenvalue weighted by Gasteiger charge is -2.02. The number of pyridine rings is 1. The summed E-state index contributed by atoms with van der Waals surface area (Å²) < 4.78 is 4.94. The first kappa shape index (κ1) is 13.2. The quantitative estimate of drug-likeness (QED) is 0.871. The molecule has 0 spiro atoms. The number of rotatable bonds is 4. The van der Waals surface area contributed by atoms with E-state index in [1.807, 2.05) is 12.3 Å². The van der Waals surface area contributed by atoms with Gasteiger partial charge in [0.25, 0.3) is 0 Å². The van der Waals surface area contributed by atoms with Gasteiger partial charge in [-0.25, -0.2) is 9.97 Å². The average molecular weight is 275 g/mol. The Balaban J connectivity index is 1.95. The van der Waals surface area contributed by atoms with Crippen LogP contribution < -0.4 is 10.1 Å². The van der Waals surface area contributed by atoms with E-state index < -0.39 is 0 Å². The van der Waals surface area contributed by atoms with Gasteiger partial charge in [-0.3, -0.25) is 4.79 Å². The van der Waals surface area contributed by atoms with E-state index in [9.17, 15) is 4.79 Å². The Morgan fingerprint density at radius 1 is 1.47 bits per heavy atom. The minimum absolute atomic E-state index is 0.224. The zero-order chi connectivity index (χ0) is 13.7. The summed E-state index contributed by atoms with van der Waals surface area (Å²) in [5.74, 6) is 0.282. The summed E-state index contributed by atoms with van der Waals surface area (Å²) in [7, 11) is 1.54. The van der Waals surface area contributed by atoms with Crippen LogP contribution in [0.3, 0.4) is 0 Å². The monoisotopic (exact) mass is 275 g/mol. The maximum absolute atomic E-state index is 11.7. The highest BCUT2D eigenvalue weighted by molar-refractivity contribution is 7.09. The molecule has 0 aromatic carbocycles. The van der Waals surface area contributed by atoms with Crippen molar-refractivity contribution < 1.29 is 9.53 Å². The van der Waals surface area contributed by atoms with Crippen LogP contribution in [0.1, 0.15) is 10.7 Å². The number of thiazole rings is 1. The van der Waals surface area contributed by atoms with Gasteiger partial charge in [-0.15, -0.1) is 11.3 Å². The van der Waals surface area contributed by atoms with E-state index in [0.29, 0.717) is 11.6 Å². The molecule has 98 valence electrons. The number of hydrogen-bond acceptors (Lipinski definition) is 5. The van der Waals surface area contributed by atoms with Crippen molar-refractivity contribution in [3.63, 3.8) is 0 Å². The SMILES string of the molecule is COc1ccc(NC(=O)/C=C/c2csc(C)n2)cn1. The maximum atomic E-state index is 11.7. The fourth-order valence-electron chi connectivity index (χ4n) is 1.38. The van der Waals surface area contributed by atoms with Crippen LogP contribution in [-0.4, -0.2) is 23.0 Å². The third-order valence-corrected chi connectivity index (χ3v) is 3.05. The lowest BCUT2D eigenvalue weighted by molar-refractivity contribution is -0.111. The zero-order valence-corrected chi connectivity index (χ0v) is 11.4. The normalized spacial score (nSPS) is 10.6. The zero-order valence-electron chi connectivity index (χ0n) is 10.6. The van der Waals surface area contributed by atoms with E-state index in [1.54, 1.807) is 36.7 Å². The summed E-state index contributed by atoms with van der Waals surface area (Å²) in [6.45, 7) is 1.92. The highest BCUT2D eigenvalue weighted by Crippen LogP contribution is 2.12. The van der Waals surface area contributed by atoms with E-state index in [0.717, 1.165) is 10.7 Å². The first-order valence-corrected chi connectivity index (χ1v) is 6.46. The van der Waals surface area contributed by atoms with Crippen molar-refractivity contribution in [2.24, 2.45) is 0 Å².